The van der Waals surface area contributed by atoms with Crippen LogP contribution in [0.5, 0.6) is 6.01 Å². The Morgan fingerprint density at radius 1 is 1.23 bits per heavy atom. The van der Waals surface area contributed by atoms with Crippen LogP contribution in [-0.2, 0) is 14.1 Å². The molecule has 0 aromatic carbocycles. The van der Waals surface area contributed by atoms with Gasteiger partial charge < -0.3 is 29.2 Å². The third-order valence-corrected chi connectivity index (χ3v) is 6.55. The first kappa shape index (κ1) is 23.9. The largest absolute Gasteiger partial charge is 0.498 e. The van der Waals surface area contributed by atoms with Gasteiger partial charge in [-0.2, -0.15) is 0 Å². The van der Waals surface area contributed by atoms with Gasteiger partial charge in [-0.15, -0.1) is 0 Å². The van der Waals surface area contributed by atoms with E-state index in [0.717, 1.165) is 31.1 Å². The first-order valence-electron chi connectivity index (χ1n) is 11.0. The zero-order chi connectivity index (χ0) is 22.6. The second-order valence-corrected chi connectivity index (χ2v) is 9.34. The van der Waals surface area contributed by atoms with Crippen LogP contribution in [0, 0.1) is 5.92 Å². The minimum Gasteiger partial charge on any atom is -0.463 e. The Hall–Kier alpha value is -1.75. The average molecular weight is 435 g/mol. The number of hydrogen-bond acceptors (Lipinski definition) is 8. The van der Waals surface area contributed by atoms with Crippen LogP contribution in [0.4, 0.5) is 0 Å². The SMILES string of the molecule is CC1(C)OB(c2cnc(OCCCC3CCN(C(=O)[C@@H](O)CO)CC3)nc2)OC1(C)C. The highest BCUT2D eigenvalue weighted by Gasteiger charge is 2.52. The predicted octanol–water partition coefficient (Wildman–Crippen LogP) is 0.527. The molecule has 0 unspecified atom stereocenters. The number of hydrogen-bond donors (Lipinski definition) is 2. The summed E-state index contributed by atoms with van der Waals surface area (Å²) in [5.41, 5.74) is -0.0530. The van der Waals surface area contributed by atoms with Crippen LogP contribution in [0.1, 0.15) is 53.4 Å². The monoisotopic (exact) mass is 435 g/mol. The van der Waals surface area contributed by atoms with Crippen LogP contribution in [0.2, 0.25) is 0 Å². The molecular weight excluding hydrogens is 401 g/mol. The second-order valence-electron chi connectivity index (χ2n) is 9.34. The molecule has 1 atom stereocenters. The van der Waals surface area contributed by atoms with E-state index in [-0.39, 0.29) is 5.91 Å². The molecule has 2 aliphatic heterocycles. The van der Waals surface area contributed by atoms with Gasteiger partial charge >= 0.3 is 13.1 Å². The van der Waals surface area contributed by atoms with Crippen molar-refractivity contribution in [2.45, 2.75) is 70.7 Å². The molecule has 1 aromatic rings. The van der Waals surface area contributed by atoms with Crippen molar-refractivity contribution in [1.82, 2.24) is 14.9 Å². The molecule has 0 aliphatic carbocycles. The third kappa shape index (κ3) is 5.74. The van der Waals surface area contributed by atoms with Gasteiger partial charge in [-0.25, -0.2) is 9.97 Å². The summed E-state index contributed by atoms with van der Waals surface area (Å²) in [7, 11) is -0.490. The van der Waals surface area contributed by atoms with Crippen LogP contribution in [0.3, 0.4) is 0 Å². The summed E-state index contributed by atoms with van der Waals surface area (Å²) in [6.07, 6.45) is 5.71. The highest BCUT2D eigenvalue weighted by molar-refractivity contribution is 6.61. The van der Waals surface area contributed by atoms with Gasteiger partial charge in [0.2, 0.25) is 0 Å². The minimum atomic E-state index is -1.30. The first-order chi connectivity index (χ1) is 14.6. The number of carbonyl (C=O) groups excluding carboxylic acids is 1. The number of aliphatic hydroxyl groups is 2. The Balaban J connectivity index is 1.36. The van der Waals surface area contributed by atoms with Crippen molar-refractivity contribution < 1.29 is 29.1 Å². The van der Waals surface area contributed by atoms with Crippen molar-refractivity contribution in [3.8, 4) is 6.01 Å². The Labute approximate surface area is 184 Å². The number of aromatic nitrogens is 2. The highest BCUT2D eigenvalue weighted by atomic mass is 16.7. The van der Waals surface area contributed by atoms with Gasteiger partial charge in [-0.05, 0) is 59.3 Å². The Morgan fingerprint density at radius 2 is 1.81 bits per heavy atom. The number of carbonyl (C=O) groups is 1. The molecule has 9 nitrogen and oxygen atoms in total. The molecule has 3 heterocycles. The fraction of sp³-hybridized carbons (Fsp3) is 0.762. The van der Waals surface area contributed by atoms with Crippen LogP contribution >= 0.6 is 0 Å². The van der Waals surface area contributed by atoms with Gasteiger partial charge in [0.15, 0.2) is 6.10 Å². The van der Waals surface area contributed by atoms with Crippen molar-refractivity contribution in [2.75, 3.05) is 26.3 Å². The van der Waals surface area contributed by atoms with Crippen molar-refractivity contribution in [3.63, 3.8) is 0 Å². The molecule has 31 heavy (non-hydrogen) atoms. The maximum atomic E-state index is 11.9. The van der Waals surface area contributed by atoms with Gasteiger partial charge in [0.25, 0.3) is 5.91 Å². The number of ether oxygens (including phenoxy) is 1. The molecule has 2 aliphatic rings. The summed E-state index contributed by atoms with van der Waals surface area (Å²) < 4.78 is 17.7. The van der Waals surface area contributed by atoms with E-state index >= 15 is 0 Å². The van der Waals surface area contributed by atoms with Crippen molar-refractivity contribution in [1.29, 1.82) is 0 Å². The molecule has 2 N–H and O–H groups in total. The number of nitrogens with zero attached hydrogens (tertiary/aromatic N) is 3. The van der Waals surface area contributed by atoms with E-state index in [4.69, 9.17) is 19.2 Å². The van der Waals surface area contributed by atoms with Crippen LogP contribution in [0.25, 0.3) is 0 Å². The zero-order valence-corrected chi connectivity index (χ0v) is 18.9. The van der Waals surface area contributed by atoms with Crippen LogP contribution < -0.4 is 10.2 Å². The maximum Gasteiger partial charge on any atom is 0.498 e. The molecule has 2 saturated heterocycles. The molecule has 0 bridgehead atoms. The fourth-order valence-electron chi connectivity index (χ4n) is 3.77. The summed E-state index contributed by atoms with van der Waals surface area (Å²) in [5, 5.41) is 18.4. The average Bonchev–Trinajstić information content (AvgIpc) is 2.98. The van der Waals surface area contributed by atoms with Gasteiger partial charge in [-0.3, -0.25) is 4.79 Å². The van der Waals surface area contributed by atoms with Crippen molar-refractivity contribution in [3.05, 3.63) is 12.4 Å². The first-order valence-corrected chi connectivity index (χ1v) is 11.0. The van der Waals surface area contributed by atoms with E-state index in [0.29, 0.717) is 31.6 Å². The molecule has 0 saturated carbocycles. The number of likely N-dealkylation sites (tertiary alicyclic amines) is 1. The van der Waals surface area contributed by atoms with E-state index in [1.165, 1.54) is 0 Å². The Morgan fingerprint density at radius 3 is 2.35 bits per heavy atom. The zero-order valence-electron chi connectivity index (χ0n) is 18.9. The van der Waals surface area contributed by atoms with Gasteiger partial charge in [0.05, 0.1) is 24.4 Å². The van der Waals surface area contributed by atoms with E-state index < -0.39 is 31.0 Å². The van der Waals surface area contributed by atoms with E-state index in [2.05, 4.69) is 9.97 Å². The number of rotatable bonds is 8. The molecule has 2 fully saturated rings. The Bertz CT molecular complexity index is 721. The lowest BCUT2D eigenvalue weighted by Crippen LogP contribution is -2.45. The predicted molar refractivity (Wildman–Crippen MR) is 115 cm³/mol. The quantitative estimate of drug-likeness (QED) is 0.449. The highest BCUT2D eigenvalue weighted by Crippen LogP contribution is 2.36. The molecule has 10 heteroatoms. The molecular formula is C21H34BN3O6. The van der Waals surface area contributed by atoms with Crippen molar-refractivity contribution in [2.24, 2.45) is 5.92 Å². The molecule has 1 amide bonds. The van der Waals surface area contributed by atoms with Gasteiger partial charge in [-0.1, -0.05) is 0 Å². The molecule has 172 valence electrons. The fourth-order valence-corrected chi connectivity index (χ4v) is 3.77. The van der Waals surface area contributed by atoms with E-state index in [1.807, 2.05) is 27.7 Å². The van der Waals surface area contributed by atoms with Crippen molar-refractivity contribution >= 4 is 18.5 Å². The lowest BCUT2D eigenvalue weighted by molar-refractivity contribution is -0.143. The smallest absolute Gasteiger partial charge is 0.463 e. The van der Waals surface area contributed by atoms with Crippen LogP contribution in [0.15, 0.2) is 12.4 Å². The molecule has 3 rings (SSSR count). The summed E-state index contributed by atoms with van der Waals surface area (Å²) in [6, 6.07) is 0.332. The van der Waals surface area contributed by atoms with Gasteiger partial charge in [0.1, 0.15) is 0 Å². The summed E-state index contributed by atoms with van der Waals surface area (Å²) in [5.74, 6) is 0.135. The normalized spacial score (nSPS) is 21.9. The minimum absolute atomic E-state index is 0.332. The lowest BCUT2D eigenvalue weighted by Gasteiger charge is -2.33. The maximum absolute atomic E-state index is 11.9. The third-order valence-electron chi connectivity index (χ3n) is 6.55. The number of aliphatic hydroxyl groups excluding tert-OH is 2. The summed E-state index contributed by atoms with van der Waals surface area (Å²) in [6.45, 7) is 9.25. The Kier molecular flexibility index (Phi) is 7.57. The van der Waals surface area contributed by atoms with E-state index in [9.17, 15) is 9.90 Å². The lowest BCUT2D eigenvalue weighted by atomic mass is 9.81. The molecule has 0 radical (unpaired) electrons. The standard InChI is InChI=1S/C21H34BN3O6/c1-20(2)21(3,4)31-22(30-20)16-12-23-19(24-13-16)29-11-5-6-15-7-9-25(10-8-15)18(28)17(27)14-26/h12-13,15,17,26-27H,5-11,14H2,1-4H3/t17-/m0/s1. The summed E-state index contributed by atoms with van der Waals surface area (Å²) in [4.78, 5) is 22.1. The molecule has 0 spiro atoms. The number of amides is 1. The number of piperidine rings is 1. The topological polar surface area (TPSA) is 114 Å². The van der Waals surface area contributed by atoms with Gasteiger partial charge in [0, 0.05) is 30.9 Å². The molecule has 1 aromatic heterocycles. The van der Waals surface area contributed by atoms with E-state index in [1.54, 1.807) is 17.3 Å². The summed E-state index contributed by atoms with van der Waals surface area (Å²) >= 11 is 0. The second kappa shape index (κ2) is 9.81. The van der Waals surface area contributed by atoms with Crippen LogP contribution in [-0.4, -0.2) is 81.7 Å².